The molecule has 3 aromatic rings. The van der Waals surface area contributed by atoms with Crippen LogP contribution >= 0.6 is 34.3 Å². The monoisotopic (exact) mass is 391 g/mol. The Morgan fingerprint density at radius 3 is 2.96 bits per heavy atom. The zero-order valence-electron chi connectivity index (χ0n) is 14.0. The molecule has 0 spiro atoms. The molecule has 3 nitrogen and oxygen atoms in total. The van der Waals surface area contributed by atoms with E-state index in [0.717, 1.165) is 24.2 Å². The largest absolute Gasteiger partial charge is 0.379 e. The first-order valence-corrected chi connectivity index (χ1v) is 10.9. The Morgan fingerprint density at radius 1 is 1.24 bits per heavy atom. The van der Waals surface area contributed by atoms with E-state index >= 15 is 0 Å². The van der Waals surface area contributed by atoms with Crippen molar-refractivity contribution in [3.63, 3.8) is 0 Å². The molecular weight excluding hydrogens is 370 g/mol. The van der Waals surface area contributed by atoms with Gasteiger partial charge in [0.1, 0.15) is 5.15 Å². The van der Waals surface area contributed by atoms with E-state index in [1.807, 2.05) is 17.4 Å². The lowest BCUT2D eigenvalue weighted by Gasteiger charge is -2.19. The summed E-state index contributed by atoms with van der Waals surface area (Å²) >= 11 is 9.85. The fourth-order valence-corrected chi connectivity index (χ4v) is 5.75. The van der Waals surface area contributed by atoms with Crippen molar-refractivity contribution in [2.75, 3.05) is 5.32 Å². The number of nitrogens with zero attached hydrogens (tertiary/aromatic N) is 1. The van der Waals surface area contributed by atoms with Gasteiger partial charge in [-0.15, -0.1) is 22.7 Å². The van der Waals surface area contributed by atoms with Crippen LogP contribution in [0, 0.1) is 0 Å². The van der Waals surface area contributed by atoms with Crippen LogP contribution in [-0.4, -0.2) is 11.0 Å². The molecule has 0 saturated heterocycles. The molecule has 4 rings (SSSR count). The first-order valence-electron chi connectivity index (χ1n) is 8.82. The van der Waals surface area contributed by atoms with Crippen LogP contribution in [0.1, 0.15) is 47.8 Å². The number of nitrogens with two attached hydrogens (primary N) is 1. The summed E-state index contributed by atoms with van der Waals surface area (Å²) in [5, 5.41) is 6.17. The van der Waals surface area contributed by atoms with Gasteiger partial charge in [0.25, 0.3) is 0 Å². The Bertz CT molecular complexity index is 844. The lowest BCUT2D eigenvalue weighted by Crippen LogP contribution is -2.26. The van der Waals surface area contributed by atoms with Crippen molar-refractivity contribution in [2.45, 2.75) is 50.6 Å². The van der Waals surface area contributed by atoms with Crippen LogP contribution in [0.5, 0.6) is 0 Å². The third-order valence-corrected chi connectivity index (χ3v) is 7.29. The third kappa shape index (κ3) is 3.85. The van der Waals surface area contributed by atoms with E-state index < -0.39 is 0 Å². The Morgan fingerprint density at radius 2 is 2.12 bits per heavy atom. The molecule has 6 heteroatoms. The Labute approximate surface area is 161 Å². The minimum atomic E-state index is 0.258. The number of hydrogen-bond acceptors (Lipinski definition) is 5. The van der Waals surface area contributed by atoms with Crippen molar-refractivity contribution < 1.29 is 0 Å². The lowest BCUT2D eigenvalue weighted by atomic mass is 9.94. The van der Waals surface area contributed by atoms with Crippen molar-refractivity contribution >= 4 is 50.2 Å². The SMILES string of the molecule is N[C@@H]1CCCCC[C@H]1c1cc2nc(Cl)cc(NCc3cccs3)c2s1. The highest BCUT2D eigenvalue weighted by molar-refractivity contribution is 7.19. The maximum absolute atomic E-state index is 6.47. The lowest BCUT2D eigenvalue weighted by molar-refractivity contribution is 0.512. The summed E-state index contributed by atoms with van der Waals surface area (Å²) in [5.74, 6) is 0.450. The number of aromatic nitrogens is 1. The molecule has 0 bridgehead atoms. The Hall–Kier alpha value is -1.14. The first kappa shape index (κ1) is 17.3. The van der Waals surface area contributed by atoms with Crippen LogP contribution in [0.4, 0.5) is 5.69 Å². The molecule has 1 saturated carbocycles. The first-order chi connectivity index (χ1) is 12.2. The standard InChI is InChI=1S/C19H22ClN3S2/c20-18-10-15(22-11-12-5-4-8-24-12)19-16(23-18)9-17(25-19)13-6-2-1-3-7-14(13)21/h4-5,8-10,13-14H,1-3,6-7,11,21H2,(H,22,23)/t13-,14-/m1/s1. The normalized spacial score (nSPS) is 21.4. The molecule has 0 aromatic carbocycles. The molecule has 0 aliphatic heterocycles. The average Bonchev–Trinajstić information content (AvgIpc) is 3.20. The molecule has 2 atom stereocenters. The molecule has 1 fully saturated rings. The van der Waals surface area contributed by atoms with Gasteiger partial charge in [-0.3, -0.25) is 0 Å². The van der Waals surface area contributed by atoms with Gasteiger partial charge in [0.2, 0.25) is 0 Å². The van der Waals surface area contributed by atoms with Gasteiger partial charge in [0.15, 0.2) is 0 Å². The molecule has 3 heterocycles. The number of thiophene rings is 2. The number of nitrogens with one attached hydrogen (secondary N) is 1. The summed E-state index contributed by atoms with van der Waals surface area (Å²) < 4.78 is 1.19. The van der Waals surface area contributed by atoms with Gasteiger partial charge in [0.05, 0.1) is 15.9 Å². The van der Waals surface area contributed by atoms with Gasteiger partial charge >= 0.3 is 0 Å². The zero-order valence-corrected chi connectivity index (χ0v) is 16.4. The van der Waals surface area contributed by atoms with Gasteiger partial charge < -0.3 is 11.1 Å². The smallest absolute Gasteiger partial charge is 0.131 e. The van der Waals surface area contributed by atoms with Crippen LogP contribution in [0.15, 0.2) is 29.6 Å². The average molecular weight is 392 g/mol. The van der Waals surface area contributed by atoms with Crippen LogP contribution in [0.2, 0.25) is 5.15 Å². The van der Waals surface area contributed by atoms with Crippen molar-refractivity contribution in [3.05, 3.63) is 44.6 Å². The van der Waals surface area contributed by atoms with Crippen molar-refractivity contribution in [2.24, 2.45) is 5.73 Å². The fraction of sp³-hybridized carbons (Fsp3) is 0.421. The van der Waals surface area contributed by atoms with Crippen LogP contribution < -0.4 is 11.1 Å². The van der Waals surface area contributed by atoms with E-state index in [2.05, 4.69) is 33.9 Å². The molecule has 3 aromatic heterocycles. The van der Waals surface area contributed by atoms with Crippen molar-refractivity contribution in [3.8, 4) is 0 Å². The van der Waals surface area contributed by atoms with E-state index in [9.17, 15) is 0 Å². The number of pyridine rings is 1. The highest BCUT2D eigenvalue weighted by atomic mass is 35.5. The number of anilines is 1. The summed E-state index contributed by atoms with van der Waals surface area (Å²) in [4.78, 5) is 7.21. The molecular formula is C19H22ClN3S2. The zero-order chi connectivity index (χ0) is 17.2. The van der Waals surface area contributed by atoms with E-state index in [1.165, 1.54) is 40.1 Å². The minimum absolute atomic E-state index is 0.258. The number of rotatable bonds is 4. The highest BCUT2D eigenvalue weighted by Crippen LogP contribution is 2.40. The molecule has 3 N–H and O–H groups in total. The van der Waals surface area contributed by atoms with Crippen molar-refractivity contribution in [1.82, 2.24) is 4.98 Å². The minimum Gasteiger partial charge on any atom is -0.379 e. The van der Waals surface area contributed by atoms with E-state index in [0.29, 0.717) is 11.1 Å². The summed E-state index contributed by atoms with van der Waals surface area (Å²) in [7, 11) is 0. The van der Waals surface area contributed by atoms with Gasteiger partial charge in [-0.25, -0.2) is 4.98 Å². The predicted molar refractivity (Wildman–Crippen MR) is 110 cm³/mol. The molecule has 1 aliphatic carbocycles. The molecule has 25 heavy (non-hydrogen) atoms. The Kier molecular flexibility index (Phi) is 5.27. The van der Waals surface area contributed by atoms with Gasteiger partial charge in [-0.05, 0) is 30.4 Å². The second-order valence-corrected chi connectivity index (χ2v) is 9.20. The summed E-state index contributed by atoms with van der Waals surface area (Å²) in [6.07, 6.45) is 6.12. The van der Waals surface area contributed by atoms with Gasteiger partial charge in [-0.2, -0.15) is 0 Å². The van der Waals surface area contributed by atoms with E-state index in [4.69, 9.17) is 17.3 Å². The summed E-state index contributed by atoms with van der Waals surface area (Å²) in [6.45, 7) is 0.809. The third-order valence-electron chi connectivity index (χ3n) is 4.93. The topological polar surface area (TPSA) is 50.9 Å². The van der Waals surface area contributed by atoms with Crippen LogP contribution in [0.3, 0.4) is 0 Å². The molecule has 0 amide bonds. The van der Waals surface area contributed by atoms with Crippen LogP contribution in [-0.2, 0) is 6.54 Å². The van der Waals surface area contributed by atoms with E-state index in [-0.39, 0.29) is 6.04 Å². The molecule has 0 unspecified atom stereocenters. The Balaban J connectivity index is 1.65. The quantitative estimate of drug-likeness (QED) is 0.423. The van der Waals surface area contributed by atoms with Gasteiger partial charge in [0, 0.05) is 34.3 Å². The van der Waals surface area contributed by atoms with Crippen molar-refractivity contribution in [1.29, 1.82) is 0 Å². The number of hydrogen-bond donors (Lipinski definition) is 2. The number of fused-ring (bicyclic) bond motifs is 1. The maximum Gasteiger partial charge on any atom is 0.131 e. The van der Waals surface area contributed by atoms with Crippen LogP contribution in [0.25, 0.3) is 10.2 Å². The predicted octanol–water partition coefficient (Wildman–Crippen LogP) is 6.00. The second-order valence-electron chi connectivity index (χ2n) is 6.70. The molecule has 0 radical (unpaired) electrons. The number of halogens is 1. The summed E-state index contributed by atoms with van der Waals surface area (Å²) in [5.41, 5.74) is 8.52. The second kappa shape index (κ2) is 7.62. The highest BCUT2D eigenvalue weighted by Gasteiger charge is 2.24. The molecule has 132 valence electrons. The summed E-state index contributed by atoms with van der Waals surface area (Å²) in [6, 6.07) is 8.62. The fourth-order valence-electron chi connectivity index (χ4n) is 3.61. The van der Waals surface area contributed by atoms with Gasteiger partial charge in [-0.1, -0.05) is 36.9 Å². The maximum atomic E-state index is 6.47. The van der Waals surface area contributed by atoms with E-state index in [1.54, 1.807) is 11.3 Å². The molecule has 1 aliphatic rings.